The third kappa shape index (κ3) is 3.04. The fraction of sp³-hybridized carbons (Fsp3) is 0.458. The van der Waals surface area contributed by atoms with Gasteiger partial charge < -0.3 is 21.5 Å². The Balaban J connectivity index is 0.00000210. The first-order chi connectivity index (χ1) is 12.5. The van der Waals surface area contributed by atoms with Gasteiger partial charge in [-0.25, -0.2) is 0 Å². The lowest BCUT2D eigenvalue weighted by Crippen LogP contribution is -3.00. The number of rotatable bonds is 4. The first kappa shape index (κ1) is 20.1. The lowest BCUT2D eigenvalue weighted by atomic mass is 9.65. The molecule has 2 unspecified atom stereocenters. The van der Waals surface area contributed by atoms with Crippen LogP contribution in [0.2, 0.25) is 0 Å². The van der Waals surface area contributed by atoms with Crippen LogP contribution < -0.4 is 17.0 Å². The molecule has 2 aromatic carbocycles. The molecule has 0 spiro atoms. The monoisotopic (exact) mass is 424 g/mol. The Bertz CT molecular complexity index is 766. The molecule has 0 saturated carbocycles. The Labute approximate surface area is 174 Å². The van der Waals surface area contributed by atoms with E-state index in [1.807, 2.05) is 12.1 Å². The maximum atomic E-state index is 10.6. The Hall–Kier alpha value is -1.63. The molecule has 3 heteroatoms. The summed E-state index contributed by atoms with van der Waals surface area (Å²) in [5.74, 6) is 0. The van der Waals surface area contributed by atoms with Gasteiger partial charge in [0.05, 0.1) is 26.2 Å². The highest BCUT2D eigenvalue weighted by atomic mass is 79.9. The summed E-state index contributed by atoms with van der Waals surface area (Å²) >= 11 is 0. The van der Waals surface area contributed by atoms with E-state index in [9.17, 15) is 5.26 Å². The number of hydrogen-bond donors (Lipinski definition) is 0. The van der Waals surface area contributed by atoms with Crippen LogP contribution in [0.15, 0.2) is 60.7 Å². The van der Waals surface area contributed by atoms with Crippen molar-refractivity contribution >= 4 is 0 Å². The van der Waals surface area contributed by atoms with E-state index in [2.05, 4.69) is 68.7 Å². The SMILES string of the molecule is C[N+]1(C)C2CCCC1(CC(C#N)(c1ccccc1)c1ccccc1)CC2.[Br-]. The molecule has 2 atom stereocenters. The number of nitrogens with zero attached hydrogens (tertiary/aromatic N) is 2. The van der Waals surface area contributed by atoms with Crippen molar-refractivity contribution in [2.24, 2.45) is 0 Å². The van der Waals surface area contributed by atoms with Gasteiger partial charge in [0.2, 0.25) is 0 Å². The molecule has 27 heavy (non-hydrogen) atoms. The van der Waals surface area contributed by atoms with E-state index in [4.69, 9.17) is 0 Å². The van der Waals surface area contributed by atoms with Gasteiger partial charge in [-0.15, -0.1) is 0 Å². The summed E-state index contributed by atoms with van der Waals surface area (Å²) in [5, 5.41) is 10.6. The second kappa shape index (κ2) is 7.41. The van der Waals surface area contributed by atoms with Gasteiger partial charge in [-0.1, -0.05) is 60.7 Å². The van der Waals surface area contributed by atoms with Gasteiger partial charge in [-0.3, -0.25) is 0 Å². The number of fused-ring (bicyclic) bond motifs is 2. The van der Waals surface area contributed by atoms with Crippen LogP contribution in [0.3, 0.4) is 0 Å². The van der Waals surface area contributed by atoms with Gasteiger partial charge in [-0.2, -0.15) is 5.26 Å². The normalized spacial score (nSPS) is 26.0. The van der Waals surface area contributed by atoms with Crippen molar-refractivity contribution in [2.45, 2.75) is 55.5 Å². The van der Waals surface area contributed by atoms with Crippen molar-refractivity contribution in [1.82, 2.24) is 0 Å². The number of piperidine rings is 1. The number of nitriles is 1. The molecule has 2 bridgehead atoms. The summed E-state index contributed by atoms with van der Waals surface area (Å²) < 4.78 is 1.08. The van der Waals surface area contributed by atoms with Crippen molar-refractivity contribution in [3.63, 3.8) is 0 Å². The number of halogens is 1. The molecule has 0 aromatic heterocycles. The smallest absolute Gasteiger partial charge is 0.113 e. The molecule has 142 valence electrons. The standard InChI is InChI=1S/C24H29N2.BrH/c1-26(2)22-14-9-16-23(26,17-15-22)18-24(19-25,20-10-5-3-6-11-20)21-12-7-4-8-13-21;/h3-8,10-13,22H,9,14-18H2,1-2H3;1H/q+1;/p-1. The summed E-state index contributed by atoms with van der Waals surface area (Å²) in [4.78, 5) is 0. The summed E-state index contributed by atoms with van der Waals surface area (Å²) in [5.41, 5.74) is 1.89. The molecule has 0 aliphatic carbocycles. The van der Waals surface area contributed by atoms with E-state index < -0.39 is 5.41 Å². The third-order valence-corrected chi connectivity index (χ3v) is 7.58. The van der Waals surface area contributed by atoms with Gasteiger partial charge in [0.1, 0.15) is 11.0 Å². The Morgan fingerprint density at radius 3 is 2.04 bits per heavy atom. The van der Waals surface area contributed by atoms with E-state index in [0.29, 0.717) is 0 Å². The van der Waals surface area contributed by atoms with Crippen molar-refractivity contribution in [1.29, 1.82) is 5.26 Å². The van der Waals surface area contributed by atoms with Crippen molar-refractivity contribution in [2.75, 3.05) is 14.1 Å². The van der Waals surface area contributed by atoms with E-state index >= 15 is 0 Å². The highest BCUT2D eigenvalue weighted by Crippen LogP contribution is 2.54. The zero-order chi connectivity index (χ0) is 18.3. The molecule has 2 saturated heterocycles. The molecule has 2 heterocycles. The van der Waals surface area contributed by atoms with Crippen LogP contribution in [0.25, 0.3) is 0 Å². The van der Waals surface area contributed by atoms with E-state index in [1.165, 1.54) is 32.1 Å². The topological polar surface area (TPSA) is 23.8 Å². The second-order valence-electron chi connectivity index (χ2n) is 8.77. The highest BCUT2D eigenvalue weighted by Gasteiger charge is 2.60. The molecule has 2 aliphatic rings. The molecular formula is C24H29BrN2. The van der Waals surface area contributed by atoms with Crippen molar-refractivity contribution in [3.05, 3.63) is 71.8 Å². The Morgan fingerprint density at radius 1 is 0.963 bits per heavy atom. The predicted octanol–water partition coefficient (Wildman–Crippen LogP) is 2.05. The van der Waals surface area contributed by atoms with Crippen LogP contribution in [-0.4, -0.2) is 30.2 Å². The second-order valence-corrected chi connectivity index (χ2v) is 8.77. The fourth-order valence-corrected chi connectivity index (χ4v) is 5.84. The van der Waals surface area contributed by atoms with Crippen molar-refractivity contribution in [3.8, 4) is 6.07 Å². The number of hydrogen-bond acceptors (Lipinski definition) is 1. The molecule has 0 amide bonds. The molecule has 2 nitrogen and oxygen atoms in total. The zero-order valence-electron chi connectivity index (χ0n) is 16.4. The number of benzene rings is 2. The lowest BCUT2D eigenvalue weighted by molar-refractivity contribution is -0.956. The zero-order valence-corrected chi connectivity index (χ0v) is 18.0. The molecular weight excluding hydrogens is 396 g/mol. The summed E-state index contributed by atoms with van der Waals surface area (Å²) in [6.07, 6.45) is 7.34. The summed E-state index contributed by atoms with van der Waals surface area (Å²) in [6, 6.07) is 24.5. The molecule has 2 fully saturated rings. The molecule has 0 radical (unpaired) electrons. The van der Waals surface area contributed by atoms with E-state index in [1.54, 1.807) is 0 Å². The Kier molecular flexibility index (Phi) is 5.52. The van der Waals surface area contributed by atoms with E-state index in [0.717, 1.165) is 28.1 Å². The molecule has 2 aliphatic heterocycles. The van der Waals surface area contributed by atoms with Crippen LogP contribution in [0.4, 0.5) is 0 Å². The van der Waals surface area contributed by atoms with Crippen LogP contribution >= 0.6 is 0 Å². The maximum absolute atomic E-state index is 10.6. The molecule has 2 aromatic rings. The minimum absolute atomic E-state index is 0. The van der Waals surface area contributed by atoms with Crippen LogP contribution in [0.5, 0.6) is 0 Å². The van der Waals surface area contributed by atoms with Gasteiger partial charge >= 0.3 is 0 Å². The summed E-state index contributed by atoms with van der Waals surface area (Å²) in [6.45, 7) is 0. The third-order valence-electron chi connectivity index (χ3n) is 7.58. The minimum Gasteiger partial charge on any atom is -1.00 e. The Morgan fingerprint density at radius 2 is 1.52 bits per heavy atom. The van der Waals surface area contributed by atoms with Gasteiger partial charge in [0, 0.05) is 25.7 Å². The largest absolute Gasteiger partial charge is 1.00 e. The first-order valence-corrected chi connectivity index (χ1v) is 9.90. The first-order valence-electron chi connectivity index (χ1n) is 9.90. The lowest BCUT2D eigenvalue weighted by Gasteiger charge is -2.52. The average Bonchev–Trinajstić information content (AvgIpc) is 2.83. The average molecular weight is 425 g/mol. The summed E-state index contributed by atoms with van der Waals surface area (Å²) in [7, 11) is 4.82. The highest BCUT2D eigenvalue weighted by molar-refractivity contribution is 5.46. The molecule has 0 N–H and O–H groups in total. The van der Waals surface area contributed by atoms with Gasteiger partial charge in [-0.05, 0) is 24.0 Å². The van der Waals surface area contributed by atoms with Crippen molar-refractivity contribution < 1.29 is 21.5 Å². The predicted molar refractivity (Wildman–Crippen MR) is 106 cm³/mol. The number of quaternary nitrogens is 1. The van der Waals surface area contributed by atoms with Crippen LogP contribution in [0, 0.1) is 11.3 Å². The molecule has 4 rings (SSSR count). The van der Waals surface area contributed by atoms with E-state index in [-0.39, 0.29) is 22.5 Å². The van der Waals surface area contributed by atoms with Crippen LogP contribution in [0.1, 0.15) is 49.7 Å². The maximum Gasteiger partial charge on any atom is 0.113 e. The van der Waals surface area contributed by atoms with Gasteiger partial charge in [0.25, 0.3) is 0 Å². The van der Waals surface area contributed by atoms with Crippen LogP contribution in [-0.2, 0) is 5.41 Å². The van der Waals surface area contributed by atoms with Gasteiger partial charge in [0.15, 0.2) is 0 Å². The fourth-order valence-electron chi connectivity index (χ4n) is 5.84. The minimum atomic E-state index is -0.579. The quantitative estimate of drug-likeness (QED) is 0.688.